The summed E-state index contributed by atoms with van der Waals surface area (Å²) in [7, 11) is 1.54. The minimum absolute atomic E-state index is 0.304. The zero-order chi connectivity index (χ0) is 17.4. The molecule has 0 aliphatic rings. The number of amides is 1. The smallest absolute Gasteiger partial charge is 0.267 e. The van der Waals surface area contributed by atoms with Gasteiger partial charge in [-0.3, -0.25) is 4.79 Å². The first-order chi connectivity index (χ1) is 11.4. The maximum absolute atomic E-state index is 12.6. The molecule has 0 bridgehead atoms. The number of thiophene rings is 1. The summed E-state index contributed by atoms with van der Waals surface area (Å²) in [6.45, 7) is 1.84. The summed E-state index contributed by atoms with van der Waals surface area (Å²) in [6, 6.07) is 8.85. The molecule has 1 amide bonds. The van der Waals surface area contributed by atoms with Gasteiger partial charge in [0.1, 0.15) is 15.6 Å². The van der Waals surface area contributed by atoms with E-state index in [9.17, 15) is 4.79 Å². The molecule has 0 saturated carbocycles. The zero-order valence-electron chi connectivity index (χ0n) is 12.7. The molecule has 0 unspecified atom stereocenters. The molecule has 0 saturated heterocycles. The molecular formula is C17H12Cl3NO2S. The highest BCUT2D eigenvalue weighted by molar-refractivity contribution is 7.22. The van der Waals surface area contributed by atoms with Crippen molar-refractivity contribution in [2.75, 3.05) is 12.4 Å². The standard InChI is InChI=1S/C17H12Cl3NO2S/c1-8-10(18)4-3-5-11(8)21-17(22)16-13(19)9-6-7-12(23-2)14(20)15(9)24-16/h3-7H,1-2H3,(H,21,22). The lowest BCUT2D eigenvalue weighted by Gasteiger charge is -2.08. The maximum atomic E-state index is 12.6. The van der Waals surface area contributed by atoms with Crippen molar-refractivity contribution >= 4 is 67.8 Å². The fourth-order valence-corrected chi connectivity index (χ4v) is 4.27. The van der Waals surface area contributed by atoms with Crippen molar-refractivity contribution < 1.29 is 9.53 Å². The van der Waals surface area contributed by atoms with E-state index < -0.39 is 0 Å². The summed E-state index contributed by atoms with van der Waals surface area (Å²) in [5.41, 5.74) is 1.44. The fraction of sp³-hybridized carbons (Fsp3) is 0.118. The monoisotopic (exact) mass is 399 g/mol. The Labute approximate surface area is 158 Å². The van der Waals surface area contributed by atoms with Crippen molar-refractivity contribution in [1.29, 1.82) is 0 Å². The van der Waals surface area contributed by atoms with Crippen LogP contribution < -0.4 is 10.1 Å². The van der Waals surface area contributed by atoms with Crippen molar-refractivity contribution in [2.45, 2.75) is 6.92 Å². The number of carbonyl (C=O) groups excluding carboxylic acids is 1. The van der Waals surface area contributed by atoms with Gasteiger partial charge >= 0.3 is 0 Å². The minimum Gasteiger partial charge on any atom is -0.495 e. The molecule has 0 fully saturated rings. The third-order valence-corrected chi connectivity index (χ3v) is 6.27. The fourth-order valence-electron chi connectivity index (χ4n) is 2.31. The Balaban J connectivity index is 2.03. The van der Waals surface area contributed by atoms with Crippen LogP contribution in [0.4, 0.5) is 5.69 Å². The summed E-state index contributed by atoms with van der Waals surface area (Å²) in [5, 5.41) is 4.97. The SMILES string of the molecule is COc1ccc2c(Cl)c(C(=O)Nc3cccc(Cl)c3C)sc2c1Cl. The van der Waals surface area contributed by atoms with Gasteiger partial charge in [-0.15, -0.1) is 11.3 Å². The first kappa shape index (κ1) is 17.4. The van der Waals surface area contributed by atoms with Crippen LogP contribution in [0.15, 0.2) is 30.3 Å². The Morgan fingerprint density at radius 2 is 1.88 bits per heavy atom. The molecule has 0 aliphatic heterocycles. The van der Waals surface area contributed by atoms with Crippen molar-refractivity contribution in [1.82, 2.24) is 0 Å². The number of benzene rings is 2. The molecule has 0 aliphatic carbocycles. The van der Waals surface area contributed by atoms with Gasteiger partial charge in [0.25, 0.3) is 5.91 Å². The number of fused-ring (bicyclic) bond motifs is 1. The van der Waals surface area contributed by atoms with Crippen molar-refractivity contribution in [3.8, 4) is 5.75 Å². The summed E-state index contributed by atoms with van der Waals surface area (Å²) >= 11 is 20.0. The van der Waals surface area contributed by atoms with Crippen LogP contribution in [0.1, 0.15) is 15.2 Å². The lowest BCUT2D eigenvalue weighted by atomic mass is 10.2. The quantitative estimate of drug-likeness (QED) is 0.550. The van der Waals surface area contributed by atoms with Gasteiger partial charge in [0.2, 0.25) is 0 Å². The largest absolute Gasteiger partial charge is 0.495 e. The summed E-state index contributed by atoms with van der Waals surface area (Å²) < 4.78 is 5.92. The van der Waals surface area contributed by atoms with Gasteiger partial charge in [-0.2, -0.15) is 0 Å². The summed E-state index contributed by atoms with van der Waals surface area (Å²) in [5.74, 6) is 0.237. The predicted octanol–water partition coefficient (Wildman–Crippen LogP) is 6.43. The number of halogens is 3. The second-order valence-electron chi connectivity index (χ2n) is 5.07. The molecule has 2 aromatic carbocycles. The molecule has 0 atom stereocenters. The Hall–Kier alpha value is -1.46. The number of hydrogen-bond acceptors (Lipinski definition) is 3. The minimum atomic E-state index is -0.304. The topological polar surface area (TPSA) is 38.3 Å². The van der Waals surface area contributed by atoms with E-state index in [2.05, 4.69) is 5.32 Å². The van der Waals surface area contributed by atoms with Crippen LogP contribution in [0.5, 0.6) is 5.75 Å². The summed E-state index contributed by atoms with van der Waals surface area (Å²) in [4.78, 5) is 13.0. The third-order valence-electron chi connectivity index (χ3n) is 3.64. The average molecular weight is 401 g/mol. The van der Waals surface area contributed by atoms with E-state index in [1.165, 1.54) is 18.4 Å². The number of anilines is 1. The van der Waals surface area contributed by atoms with E-state index in [1.807, 2.05) is 6.92 Å². The molecular weight excluding hydrogens is 389 g/mol. The van der Waals surface area contributed by atoms with E-state index >= 15 is 0 Å². The van der Waals surface area contributed by atoms with Crippen LogP contribution in [0, 0.1) is 6.92 Å². The number of hydrogen-bond donors (Lipinski definition) is 1. The highest BCUT2D eigenvalue weighted by atomic mass is 35.5. The first-order valence-electron chi connectivity index (χ1n) is 6.95. The normalized spacial score (nSPS) is 10.9. The van der Waals surface area contributed by atoms with Crippen LogP contribution in [-0.2, 0) is 0 Å². The highest BCUT2D eigenvalue weighted by Crippen LogP contribution is 2.43. The van der Waals surface area contributed by atoms with E-state index in [1.54, 1.807) is 30.3 Å². The molecule has 3 nitrogen and oxygen atoms in total. The van der Waals surface area contributed by atoms with Crippen LogP contribution in [-0.4, -0.2) is 13.0 Å². The second kappa shape index (κ2) is 6.81. The van der Waals surface area contributed by atoms with Crippen LogP contribution in [0.2, 0.25) is 15.1 Å². The molecule has 124 valence electrons. The Morgan fingerprint density at radius 1 is 1.12 bits per heavy atom. The van der Waals surface area contributed by atoms with Gasteiger partial charge in [0, 0.05) is 16.1 Å². The van der Waals surface area contributed by atoms with E-state index in [0.29, 0.717) is 36.1 Å². The van der Waals surface area contributed by atoms with Crippen LogP contribution >= 0.6 is 46.1 Å². The average Bonchev–Trinajstić information content (AvgIpc) is 2.90. The number of methoxy groups -OCH3 is 1. The van der Waals surface area contributed by atoms with E-state index in [0.717, 1.165) is 10.9 Å². The molecule has 1 aromatic heterocycles. The van der Waals surface area contributed by atoms with Crippen LogP contribution in [0.3, 0.4) is 0 Å². The molecule has 7 heteroatoms. The Kier molecular flexibility index (Phi) is 4.92. The van der Waals surface area contributed by atoms with E-state index in [4.69, 9.17) is 39.5 Å². The zero-order valence-corrected chi connectivity index (χ0v) is 15.8. The van der Waals surface area contributed by atoms with Gasteiger partial charge in [0.15, 0.2) is 0 Å². The lowest BCUT2D eigenvalue weighted by molar-refractivity contribution is 0.103. The Bertz CT molecular complexity index is 953. The predicted molar refractivity (Wildman–Crippen MR) is 103 cm³/mol. The number of ether oxygens (including phenoxy) is 1. The lowest BCUT2D eigenvalue weighted by Crippen LogP contribution is -2.11. The second-order valence-corrected chi connectivity index (χ2v) is 7.25. The number of rotatable bonds is 3. The van der Waals surface area contributed by atoms with Gasteiger partial charge < -0.3 is 10.1 Å². The number of carbonyl (C=O) groups is 1. The van der Waals surface area contributed by atoms with Crippen LogP contribution in [0.25, 0.3) is 10.1 Å². The van der Waals surface area contributed by atoms with Gasteiger partial charge in [-0.1, -0.05) is 40.9 Å². The van der Waals surface area contributed by atoms with Crippen molar-refractivity contribution in [2.24, 2.45) is 0 Å². The van der Waals surface area contributed by atoms with Crippen molar-refractivity contribution in [3.05, 3.63) is 55.8 Å². The van der Waals surface area contributed by atoms with Gasteiger partial charge in [-0.05, 0) is 36.8 Å². The molecule has 1 N–H and O–H groups in total. The summed E-state index contributed by atoms with van der Waals surface area (Å²) in [6.07, 6.45) is 0. The number of nitrogens with one attached hydrogen (secondary N) is 1. The highest BCUT2D eigenvalue weighted by Gasteiger charge is 2.21. The van der Waals surface area contributed by atoms with E-state index in [-0.39, 0.29) is 5.91 Å². The molecule has 24 heavy (non-hydrogen) atoms. The van der Waals surface area contributed by atoms with Crippen molar-refractivity contribution in [3.63, 3.8) is 0 Å². The maximum Gasteiger partial charge on any atom is 0.267 e. The third kappa shape index (κ3) is 2.95. The molecule has 3 aromatic rings. The molecule has 1 heterocycles. The van der Waals surface area contributed by atoms with Gasteiger partial charge in [-0.25, -0.2) is 0 Å². The first-order valence-corrected chi connectivity index (χ1v) is 8.90. The molecule has 3 rings (SSSR count). The van der Waals surface area contributed by atoms with Gasteiger partial charge in [0.05, 0.1) is 16.8 Å². The Morgan fingerprint density at radius 3 is 2.58 bits per heavy atom. The molecule has 0 radical (unpaired) electrons. The molecule has 0 spiro atoms.